The third kappa shape index (κ3) is 3.22. The van der Waals surface area contributed by atoms with E-state index in [0.717, 1.165) is 25.5 Å². The van der Waals surface area contributed by atoms with Crippen molar-refractivity contribution >= 4 is 54.5 Å². The Bertz CT molecular complexity index is 1070. The molecule has 2 N–H and O–H groups in total. The zero-order valence-corrected chi connectivity index (χ0v) is 15.9. The predicted octanol–water partition coefficient (Wildman–Crippen LogP) is 4.53. The van der Waals surface area contributed by atoms with Crippen LogP contribution in [0.15, 0.2) is 63.8 Å². The van der Waals surface area contributed by atoms with Crippen molar-refractivity contribution in [3.63, 3.8) is 0 Å². The summed E-state index contributed by atoms with van der Waals surface area (Å²) in [6.45, 7) is 0. The Labute approximate surface area is 159 Å². The maximum Gasteiger partial charge on any atom is 0.260 e. The highest BCUT2D eigenvalue weighted by Gasteiger charge is 2.13. The van der Waals surface area contributed by atoms with Gasteiger partial charge in [0.15, 0.2) is 5.82 Å². The molecule has 0 radical (unpaired) electrons. The second kappa shape index (κ2) is 6.45. The summed E-state index contributed by atoms with van der Waals surface area (Å²) < 4.78 is 3.55. The number of aromatic nitrogens is 4. The van der Waals surface area contributed by atoms with Gasteiger partial charge in [-0.3, -0.25) is 9.89 Å². The number of carbonyl (C=O) groups excluding carboxylic acids is 1. The number of amides is 1. The minimum atomic E-state index is -0.267. The van der Waals surface area contributed by atoms with Crippen molar-refractivity contribution in [3.8, 4) is 5.69 Å². The van der Waals surface area contributed by atoms with E-state index in [1.54, 1.807) is 10.9 Å². The maximum atomic E-state index is 12.5. The van der Waals surface area contributed by atoms with Crippen LogP contribution in [0, 0.1) is 0 Å². The number of hydrogen-bond acceptors (Lipinski definition) is 3. The van der Waals surface area contributed by atoms with Gasteiger partial charge in [0, 0.05) is 20.5 Å². The molecular formula is C17H11Br2N5O. The van der Waals surface area contributed by atoms with Crippen LogP contribution in [0.2, 0.25) is 0 Å². The molecule has 0 saturated heterocycles. The van der Waals surface area contributed by atoms with Crippen LogP contribution >= 0.6 is 31.9 Å². The van der Waals surface area contributed by atoms with Crippen molar-refractivity contribution < 1.29 is 4.79 Å². The number of nitrogens with one attached hydrogen (secondary N) is 2. The van der Waals surface area contributed by atoms with E-state index < -0.39 is 0 Å². The molecule has 0 unspecified atom stereocenters. The number of halogens is 2. The molecular weight excluding hydrogens is 450 g/mol. The van der Waals surface area contributed by atoms with Crippen LogP contribution < -0.4 is 5.32 Å². The van der Waals surface area contributed by atoms with Crippen LogP contribution in [0.5, 0.6) is 0 Å². The van der Waals surface area contributed by atoms with Crippen molar-refractivity contribution in [3.05, 3.63) is 69.4 Å². The fourth-order valence-corrected chi connectivity index (χ4v) is 3.06. The third-order valence-corrected chi connectivity index (χ3v) is 4.71. The Morgan fingerprint density at radius 1 is 1.08 bits per heavy atom. The van der Waals surface area contributed by atoms with Gasteiger partial charge in [-0.2, -0.15) is 10.2 Å². The lowest BCUT2D eigenvalue weighted by atomic mass is 10.2. The molecule has 1 amide bonds. The number of fused-ring (bicyclic) bond motifs is 1. The number of aromatic amines is 1. The number of nitrogens with zero attached hydrogens (tertiary/aromatic N) is 3. The van der Waals surface area contributed by atoms with Crippen LogP contribution in [-0.4, -0.2) is 25.9 Å². The summed E-state index contributed by atoms with van der Waals surface area (Å²) in [5.74, 6) is 0.217. The molecule has 2 heterocycles. The van der Waals surface area contributed by atoms with Gasteiger partial charge in [-0.05, 0) is 42.5 Å². The van der Waals surface area contributed by atoms with Gasteiger partial charge in [-0.1, -0.05) is 31.9 Å². The van der Waals surface area contributed by atoms with Crippen molar-refractivity contribution in [1.82, 2.24) is 20.0 Å². The number of anilines is 1. The minimum absolute atomic E-state index is 0.267. The quantitative estimate of drug-likeness (QED) is 0.471. The Hall–Kier alpha value is -2.45. The first kappa shape index (κ1) is 16.0. The van der Waals surface area contributed by atoms with Gasteiger partial charge in [0.05, 0.1) is 23.0 Å². The smallest absolute Gasteiger partial charge is 0.260 e. The number of hydrogen-bond donors (Lipinski definition) is 2. The van der Waals surface area contributed by atoms with Gasteiger partial charge in [0.1, 0.15) is 0 Å². The highest BCUT2D eigenvalue weighted by atomic mass is 79.9. The normalized spacial score (nSPS) is 11.0. The molecule has 0 aliphatic carbocycles. The lowest BCUT2D eigenvalue weighted by molar-refractivity contribution is 0.102. The zero-order chi connectivity index (χ0) is 17.4. The minimum Gasteiger partial charge on any atom is -0.304 e. The predicted molar refractivity (Wildman–Crippen MR) is 103 cm³/mol. The number of rotatable bonds is 3. The van der Waals surface area contributed by atoms with Crippen LogP contribution in [0.3, 0.4) is 0 Å². The van der Waals surface area contributed by atoms with Crippen molar-refractivity contribution in [2.24, 2.45) is 0 Å². The standard InChI is InChI=1S/C17H11Br2N5O/c18-11-1-4-13(5-2-11)24-9-10(8-20-24)17(25)21-16-14-7-12(19)3-6-15(14)22-23-16/h1-9H,(H2,21,22,23,25). The van der Waals surface area contributed by atoms with E-state index in [1.807, 2.05) is 42.5 Å². The first-order valence-corrected chi connectivity index (χ1v) is 8.94. The van der Waals surface area contributed by atoms with Gasteiger partial charge >= 0.3 is 0 Å². The van der Waals surface area contributed by atoms with E-state index in [4.69, 9.17) is 0 Å². The maximum absolute atomic E-state index is 12.5. The fraction of sp³-hybridized carbons (Fsp3) is 0. The van der Waals surface area contributed by atoms with Gasteiger partial charge in [0.25, 0.3) is 5.91 Å². The molecule has 0 atom stereocenters. The van der Waals surface area contributed by atoms with E-state index in [9.17, 15) is 4.79 Å². The van der Waals surface area contributed by atoms with Gasteiger partial charge in [0.2, 0.25) is 0 Å². The van der Waals surface area contributed by atoms with Crippen LogP contribution in [0.4, 0.5) is 5.82 Å². The Kier molecular flexibility index (Phi) is 4.14. The number of benzene rings is 2. The average molecular weight is 461 g/mol. The Balaban J connectivity index is 1.59. The topological polar surface area (TPSA) is 75.6 Å². The van der Waals surface area contributed by atoms with E-state index in [1.165, 1.54) is 6.20 Å². The molecule has 2 aromatic heterocycles. The molecule has 0 fully saturated rings. The van der Waals surface area contributed by atoms with E-state index in [2.05, 4.69) is 52.5 Å². The Morgan fingerprint density at radius 2 is 1.84 bits per heavy atom. The first-order valence-electron chi connectivity index (χ1n) is 7.36. The third-order valence-electron chi connectivity index (χ3n) is 3.69. The van der Waals surface area contributed by atoms with Gasteiger partial charge in [-0.25, -0.2) is 4.68 Å². The van der Waals surface area contributed by atoms with Crippen molar-refractivity contribution in [1.29, 1.82) is 0 Å². The molecule has 0 aliphatic rings. The molecule has 6 nitrogen and oxygen atoms in total. The van der Waals surface area contributed by atoms with E-state index >= 15 is 0 Å². The summed E-state index contributed by atoms with van der Waals surface area (Å²) in [5, 5.41) is 15.0. The number of H-pyrrole nitrogens is 1. The summed E-state index contributed by atoms with van der Waals surface area (Å²) in [6, 6.07) is 13.4. The lowest BCUT2D eigenvalue weighted by Crippen LogP contribution is -2.11. The van der Waals surface area contributed by atoms with Crippen molar-refractivity contribution in [2.75, 3.05) is 5.32 Å². The summed E-state index contributed by atoms with van der Waals surface area (Å²) in [7, 11) is 0. The van der Waals surface area contributed by atoms with Crippen LogP contribution in [0.25, 0.3) is 16.6 Å². The lowest BCUT2D eigenvalue weighted by Gasteiger charge is -2.01. The van der Waals surface area contributed by atoms with Crippen molar-refractivity contribution in [2.45, 2.75) is 0 Å². The van der Waals surface area contributed by atoms with Gasteiger partial charge in [-0.15, -0.1) is 0 Å². The summed E-state index contributed by atoms with van der Waals surface area (Å²) in [4.78, 5) is 12.5. The molecule has 0 saturated carbocycles. The Morgan fingerprint density at radius 3 is 2.64 bits per heavy atom. The van der Waals surface area contributed by atoms with Crippen LogP contribution in [0.1, 0.15) is 10.4 Å². The summed E-state index contributed by atoms with van der Waals surface area (Å²) in [6.07, 6.45) is 3.21. The second-order valence-corrected chi connectivity index (χ2v) is 7.20. The molecule has 25 heavy (non-hydrogen) atoms. The zero-order valence-electron chi connectivity index (χ0n) is 12.7. The fourth-order valence-electron chi connectivity index (χ4n) is 2.44. The van der Waals surface area contributed by atoms with E-state index in [-0.39, 0.29) is 5.91 Å². The largest absolute Gasteiger partial charge is 0.304 e. The number of carbonyl (C=O) groups is 1. The molecule has 0 bridgehead atoms. The SMILES string of the molecule is O=C(Nc1n[nH]c2ccc(Br)cc12)c1cnn(-c2ccc(Br)cc2)c1. The molecule has 0 aliphatic heterocycles. The molecule has 2 aromatic carbocycles. The molecule has 8 heteroatoms. The van der Waals surface area contributed by atoms with E-state index in [0.29, 0.717) is 11.4 Å². The molecule has 0 spiro atoms. The molecule has 4 rings (SSSR count). The first-order chi connectivity index (χ1) is 12.1. The summed E-state index contributed by atoms with van der Waals surface area (Å²) in [5.41, 5.74) is 2.18. The average Bonchev–Trinajstić information content (AvgIpc) is 3.23. The van der Waals surface area contributed by atoms with Crippen LogP contribution in [-0.2, 0) is 0 Å². The summed E-state index contributed by atoms with van der Waals surface area (Å²) >= 11 is 6.82. The molecule has 124 valence electrons. The second-order valence-electron chi connectivity index (χ2n) is 5.37. The highest BCUT2D eigenvalue weighted by Crippen LogP contribution is 2.24. The molecule has 4 aromatic rings. The monoisotopic (exact) mass is 459 g/mol. The van der Waals surface area contributed by atoms with Gasteiger partial charge < -0.3 is 5.32 Å². The highest BCUT2D eigenvalue weighted by molar-refractivity contribution is 9.10.